The zero-order chi connectivity index (χ0) is 11.0. The first-order valence-electron chi connectivity index (χ1n) is 5.23. The summed E-state index contributed by atoms with van der Waals surface area (Å²) < 4.78 is 0. The second-order valence-corrected chi connectivity index (χ2v) is 4.02. The van der Waals surface area contributed by atoms with Crippen LogP contribution in [0.15, 0.2) is 12.1 Å². The fourth-order valence-electron chi connectivity index (χ4n) is 1.99. The van der Waals surface area contributed by atoms with Crippen molar-refractivity contribution < 1.29 is 9.90 Å². The van der Waals surface area contributed by atoms with Crippen molar-refractivity contribution in [2.24, 2.45) is 0 Å². The predicted octanol–water partition coefficient (Wildman–Crippen LogP) is 1.93. The number of benzene rings is 1. The number of anilines is 1. The molecule has 2 rings (SSSR count). The van der Waals surface area contributed by atoms with Crippen molar-refractivity contribution in [2.75, 3.05) is 5.32 Å². The third-order valence-corrected chi connectivity index (χ3v) is 2.83. The fraction of sp³-hybridized carbons (Fsp3) is 0.417. The molecule has 80 valence electrons. The van der Waals surface area contributed by atoms with Gasteiger partial charge in [-0.25, -0.2) is 0 Å². The maximum absolute atomic E-state index is 11.2. The van der Waals surface area contributed by atoms with E-state index in [1.165, 1.54) is 0 Å². The third kappa shape index (κ3) is 1.75. The van der Waals surface area contributed by atoms with Crippen LogP contribution in [0.3, 0.4) is 0 Å². The number of carbonyl (C=O) groups is 1. The Hall–Kier alpha value is -1.35. The third-order valence-electron chi connectivity index (χ3n) is 2.83. The van der Waals surface area contributed by atoms with Gasteiger partial charge in [-0.05, 0) is 30.0 Å². The molecule has 1 aliphatic heterocycles. The molecule has 3 nitrogen and oxygen atoms in total. The van der Waals surface area contributed by atoms with E-state index in [1.54, 1.807) is 0 Å². The number of aliphatic hydroxyl groups excluding tert-OH is 1. The number of aliphatic hydroxyl groups is 1. The van der Waals surface area contributed by atoms with E-state index in [0.717, 1.165) is 22.4 Å². The minimum Gasteiger partial charge on any atom is -0.388 e. The number of hydrogen-bond acceptors (Lipinski definition) is 2. The standard InChI is InChI=1S/C12H15NO2/c1-3-10(14)8-4-7(2)12-9(5-8)6-11(15)13-12/h4-5,10,14H,3,6H2,1-2H3,(H,13,15). The van der Waals surface area contributed by atoms with E-state index in [-0.39, 0.29) is 5.91 Å². The Balaban J connectivity index is 2.44. The first-order chi connectivity index (χ1) is 7.11. The SMILES string of the molecule is CCC(O)c1cc(C)c2c(c1)CC(=O)N2. The van der Waals surface area contributed by atoms with Crippen LogP contribution < -0.4 is 5.32 Å². The maximum atomic E-state index is 11.2. The predicted molar refractivity (Wildman–Crippen MR) is 58.8 cm³/mol. The second-order valence-electron chi connectivity index (χ2n) is 4.02. The summed E-state index contributed by atoms with van der Waals surface area (Å²) in [6, 6.07) is 3.87. The average Bonchev–Trinajstić information content (AvgIpc) is 2.58. The Morgan fingerprint density at radius 3 is 2.93 bits per heavy atom. The molecule has 0 aromatic heterocycles. The van der Waals surface area contributed by atoms with Crippen molar-refractivity contribution in [1.29, 1.82) is 0 Å². The summed E-state index contributed by atoms with van der Waals surface area (Å²) in [5.74, 6) is 0.0382. The lowest BCUT2D eigenvalue weighted by atomic mass is 9.99. The molecule has 0 spiro atoms. The Labute approximate surface area is 89.1 Å². The highest BCUT2D eigenvalue weighted by Crippen LogP contribution is 2.31. The number of amides is 1. The average molecular weight is 205 g/mol. The van der Waals surface area contributed by atoms with Crippen LogP contribution in [0.2, 0.25) is 0 Å². The number of fused-ring (bicyclic) bond motifs is 1. The minimum atomic E-state index is -0.426. The van der Waals surface area contributed by atoms with E-state index in [9.17, 15) is 9.90 Å². The van der Waals surface area contributed by atoms with Crippen LogP contribution in [-0.2, 0) is 11.2 Å². The topological polar surface area (TPSA) is 49.3 Å². The molecule has 1 unspecified atom stereocenters. The molecule has 3 heteroatoms. The molecule has 1 aliphatic rings. The van der Waals surface area contributed by atoms with Crippen LogP contribution in [0.4, 0.5) is 5.69 Å². The lowest BCUT2D eigenvalue weighted by Gasteiger charge is -2.12. The Morgan fingerprint density at radius 2 is 2.27 bits per heavy atom. The minimum absolute atomic E-state index is 0.0382. The molecule has 1 amide bonds. The van der Waals surface area contributed by atoms with Gasteiger partial charge in [0.05, 0.1) is 12.5 Å². The highest BCUT2D eigenvalue weighted by molar-refractivity contribution is 6.00. The van der Waals surface area contributed by atoms with Crippen molar-refractivity contribution in [2.45, 2.75) is 32.8 Å². The van der Waals surface area contributed by atoms with Crippen LogP contribution in [-0.4, -0.2) is 11.0 Å². The van der Waals surface area contributed by atoms with Crippen LogP contribution in [0.25, 0.3) is 0 Å². The van der Waals surface area contributed by atoms with Gasteiger partial charge in [-0.1, -0.05) is 19.1 Å². The summed E-state index contributed by atoms with van der Waals surface area (Å²) in [4.78, 5) is 11.2. The fourth-order valence-corrected chi connectivity index (χ4v) is 1.99. The lowest BCUT2D eigenvalue weighted by Crippen LogP contribution is -2.04. The Kier molecular flexibility index (Phi) is 2.49. The number of nitrogens with one attached hydrogen (secondary N) is 1. The molecular weight excluding hydrogens is 190 g/mol. The molecule has 0 radical (unpaired) electrons. The van der Waals surface area contributed by atoms with E-state index in [4.69, 9.17) is 0 Å². The maximum Gasteiger partial charge on any atom is 0.228 e. The quantitative estimate of drug-likeness (QED) is 0.775. The Bertz CT molecular complexity index is 412. The van der Waals surface area contributed by atoms with Gasteiger partial charge in [0, 0.05) is 5.69 Å². The van der Waals surface area contributed by atoms with Crippen LogP contribution in [0.1, 0.15) is 36.1 Å². The first kappa shape index (κ1) is 10.2. The highest BCUT2D eigenvalue weighted by Gasteiger charge is 2.21. The van der Waals surface area contributed by atoms with Gasteiger partial charge in [-0.2, -0.15) is 0 Å². The van der Waals surface area contributed by atoms with E-state index < -0.39 is 6.10 Å². The van der Waals surface area contributed by atoms with Gasteiger partial charge >= 0.3 is 0 Å². The number of hydrogen-bond donors (Lipinski definition) is 2. The van der Waals surface area contributed by atoms with E-state index in [1.807, 2.05) is 26.0 Å². The molecule has 1 heterocycles. The molecule has 1 aromatic carbocycles. The van der Waals surface area contributed by atoms with Crippen molar-refractivity contribution in [3.63, 3.8) is 0 Å². The van der Waals surface area contributed by atoms with Crippen molar-refractivity contribution in [3.8, 4) is 0 Å². The Morgan fingerprint density at radius 1 is 1.53 bits per heavy atom. The molecular formula is C12H15NO2. The van der Waals surface area contributed by atoms with Crippen LogP contribution in [0, 0.1) is 6.92 Å². The number of carbonyl (C=O) groups excluding carboxylic acids is 1. The van der Waals surface area contributed by atoms with Crippen LogP contribution in [0.5, 0.6) is 0 Å². The van der Waals surface area contributed by atoms with Crippen molar-refractivity contribution in [1.82, 2.24) is 0 Å². The largest absolute Gasteiger partial charge is 0.388 e. The van der Waals surface area contributed by atoms with Gasteiger partial charge in [0.2, 0.25) is 5.91 Å². The molecule has 0 saturated carbocycles. The summed E-state index contributed by atoms with van der Waals surface area (Å²) in [5.41, 5.74) is 3.86. The summed E-state index contributed by atoms with van der Waals surface area (Å²) in [7, 11) is 0. The van der Waals surface area contributed by atoms with E-state index in [2.05, 4.69) is 5.32 Å². The first-order valence-corrected chi connectivity index (χ1v) is 5.23. The van der Waals surface area contributed by atoms with Gasteiger partial charge in [-0.15, -0.1) is 0 Å². The molecule has 2 N–H and O–H groups in total. The van der Waals surface area contributed by atoms with Crippen molar-refractivity contribution in [3.05, 3.63) is 28.8 Å². The van der Waals surface area contributed by atoms with Gasteiger partial charge in [-0.3, -0.25) is 4.79 Å². The van der Waals surface area contributed by atoms with Gasteiger partial charge in [0.25, 0.3) is 0 Å². The van der Waals surface area contributed by atoms with Gasteiger partial charge in [0.1, 0.15) is 0 Å². The molecule has 15 heavy (non-hydrogen) atoms. The molecule has 0 fully saturated rings. The highest BCUT2D eigenvalue weighted by atomic mass is 16.3. The van der Waals surface area contributed by atoms with Gasteiger partial charge < -0.3 is 10.4 Å². The monoisotopic (exact) mass is 205 g/mol. The number of aryl methyl sites for hydroxylation is 1. The normalized spacial score (nSPS) is 16.1. The van der Waals surface area contributed by atoms with Crippen LogP contribution >= 0.6 is 0 Å². The summed E-state index contributed by atoms with van der Waals surface area (Å²) >= 11 is 0. The van der Waals surface area contributed by atoms with E-state index in [0.29, 0.717) is 12.8 Å². The van der Waals surface area contributed by atoms with Crippen molar-refractivity contribution >= 4 is 11.6 Å². The lowest BCUT2D eigenvalue weighted by molar-refractivity contribution is -0.115. The van der Waals surface area contributed by atoms with Gasteiger partial charge in [0.15, 0.2) is 0 Å². The second kappa shape index (κ2) is 3.66. The molecule has 0 saturated heterocycles. The zero-order valence-corrected chi connectivity index (χ0v) is 9.00. The molecule has 1 aromatic rings. The summed E-state index contributed by atoms with van der Waals surface area (Å²) in [6.07, 6.45) is 0.699. The zero-order valence-electron chi connectivity index (χ0n) is 9.00. The molecule has 0 bridgehead atoms. The molecule has 0 aliphatic carbocycles. The summed E-state index contributed by atoms with van der Waals surface area (Å²) in [6.45, 7) is 3.90. The molecule has 1 atom stereocenters. The summed E-state index contributed by atoms with van der Waals surface area (Å²) in [5, 5.41) is 12.6. The smallest absolute Gasteiger partial charge is 0.228 e. The van der Waals surface area contributed by atoms with E-state index >= 15 is 0 Å². The number of rotatable bonds is 2.